The monoisotopic (exact) mass is 271 g/mol. The number of rotatable bonds is 5. The van der Waals surface area contributed by atoms with Crippen LogP contribution >= 0.6 is 11.3 Å². The largest absolute Gasteiger partial charge is 0.495 e. The highest BCUT2D eigenvalue weighted by molar-refractivity contribution is 7.12. The molecule has 1 heterocycles. The minimum absolute atomic E-state index is 0.0558. The SMILES string of the molecule is COc1ccsc1C(=O)NC(CO)CC(C)(C)C. The molecule has 0 spiro atoms. The molecule has 0 aromatic carbocycles. The van der Waals surface area contributed by atoms with Crippen LogP contribution in [0.2, 0.25) is 0 Å². The zero-order valence-electron chi connectivity index (χ0n) is 11.3. The van der Waals surface area contributed by atoms with Gasteiger partial charge in [0.2, 0.25) is 0 Å². The first kappa shape index (κ1) is 15.0. The van der Waals surface area contributed by atoms with Gasteiger partial charge in [-0.2, -0.15) is 0 Å². The summed E-state index contributed by atoms with van der Waals surface area (Å²) in [6.45, 7) is 6.17. The second-order valence-electron chi connectivity index (χ2n) is 5.44. The summed E-state index contributed by atoms with van der Waals surface area (Å²) in [5.74, 6) is 0.384. The first-order chi connectivity index (χ1) is 8.37. The van der Waals surface area contributed by atoms with Gasteiger partial charge in [0.15, 0.2) is 0 Å². The van der Waals surface area contributed by atoms with Crippen molar-refractivity contribution in [2.24, 2.45) is 5.41 Å². The van der Waals surface area contributed by atoms with Crippen molar-refractivity contribution in [2.45, 2.75) is 33.2 Å². The van der Waals surface area contributed by atoms with Crippen LogP contribution in [0.5, 0.6) is 5.75 Å². The molecule has 1 rings (SSSR count). The summed E-state index contributed by atoms with van der Waals surface area (Å²) in [6, 6.07) is 1.53. The van der Waals surface area contributed by atoms with E-state index in [2.05, 4.69) is 26.1 Å². The van der Waals surface area contributed by atoms with Crippen molar-refractivity contribution in [3.8, 4) is 5.75 Å². The molecule has 1 aromatic rings. The highest BCUT2D eigenvalue weighted by Crippen LogP contribution is 2.25. The number of aliphatic hydroxyl groups is 1. The predicted octanol–water partition coefficient (Wildman–Crippen LogP) is 2.28. The van der Waals surface area contributed by atoms with Crippen LogP contribution in [-0.4, -0.2) is 30.8 Å². The number of amides is 1. The van der Waals surface area contributed by atoms with Gasteiger partial charge in [-0.1, -0.05) is 20.8 Å². The van der Waals surface area contributed by atoms with E-state index in [1.807, 2.05) is 5.38 Å². The Hall–Kier alpha value is -1.07. The highest BCUT2D eigenvalue weighted by Gasteiger charge is 2.22. The summed E-state index contributed by atoms with van der Waals surface area (Å²) < 4.78 is 5.11. The Morgan fingerprint density at radius 3 is 2.72 bits per heavy atom. The first-order valence-corrected chi connectivity index (χ1v) is 6.78. The van der Waals surface area contributed by atoms with Crippen LogP contribution in [0.25, 0.3) is 0 Å². The van der Waals surface area contributed by atoms with Gasteiger partial charge >= 0.3 is 0 Å². The van der Waals surface area contributed by atoms with Crippen molar-refractivity contribution in [2.75, 3.05) is 13.7 Å². The van der Waals surface area contributed by atoms with E-state index in [0.717, 1.165) is 6.42 Å². The van der Waals surface area contributed by atoms with E-state index in [4.69, 9.17) is 4.74 Å². The molecule has 0 aliphatic heterocycles. The zero-order chi connectivity index (χ0) is 13.8. The molecule has 0 aliphatic carbocycles. The van der Waals surface area contributed by atoms with Crippen LogP contribution in [0.15, 0.2) is 11.4 Å². The second kappa shape index (κ2) is 6.20. The van der Waals surface area contributed by atoms with Gasteiger partial charge in [-0.05, 0) is 23.3 Å². The fraction of sp³-hybridized carbons (Fsp3) is 0.615. The Bertz CT molecular complexity index is 395. The molecule has 1 atom stereocenters. The Labute approximate surface area is 112 Å². The van der Waals surface area contributed by atoms with Gasteiger partial charge in [-0.3, -0.25) is 4.79 Å². The molecule has 1 unspecified atom stereocenters. The molecule has 0 bridgehead atoms. The lowest BCUT2D eigenvalue weighted by Gasteiger charge is -2.25. The molecule has 0 radical (unpaired) electrons. The van der Waals surface area contributed by atoms with Gasteiger partial charge in [0.05, 0.1) is 19.8 Å². The van der Waals surface area contributed by atoms with Crippen molar-refractivity contribution in [1.82, 2.24) is 5.32 Å². The van der Waals surface area contributed by atoms with Crippen LogP contribution in [0, 0.1) is 5.41 Å². The van der Waals surface area contributed by atoms with E-state index in [0.29, 0.717) is 10.6 Å². The molecular formula is C13H21NO3S. The van der Waals surface area contributed by atoms with Crippen molar-refractivity contribution in [3.63, 3.8) is 0 Å². The molecule has 0 saturated carbocycles. The van der Waals surface area contributed by atoms with Gasteiger partial charge in [0, 0.05) is 0 Å². The van der Waals surface area contributed by atoms with Crippen molar-refractivity contribution in [3.05, 3.63) is 16.3 Å². The number of methoxy groups -OCH3 is 1. The smallest absolute Gasteiger partial charge is 0.265 e. The lowest BCUT2D eigenvalue weighted by molar-refractivity contribution is 0.0899. The van der Waals surface area contributed by atoms with Gasteiger partial charge < -0.3 is 15.2 Å². The third-order valence-electron chi connectivity index (χ3n) is 2.47. The standard InChI is InChI=1S/C13H21NO3S/c1-13(2,3)7-9(8-15)14-12(16)11-10(17-4)5-6-18-11/h5-6,9,15H,7-8H2,1-4H3,(H,14,16). The molecular weight excluding hydrogens is 250 g/mol. The van der Waals surface area contributed by atoms with Gasteiger partial charge in [0.1, 0.15) is 10.6 Å². The summed E-state index contributed by atoms with van der Waals surface area (Å²) in [5.41, 5.74) is 0.0558. The summed E-state index contributed by atoms with van der Waals surface area (Å²) in [4.78, 5) is 12.6. The molecule has 5 heteroatoms. The van der Waals surface area contributed by atoms with E-state index in [-0.39, 0.29) is 24.0 Å². The quantitative estimate of drug-likeness (QED) is 0.864. The van der Waals surface area contributed by atoms with Gasteiger partial charge in [-0.25, -0.2) is 0 Å². The van der Waals surface area contributed by atoms with E-state index >= 15 is 0 Å². The Balaban J connectivity index is 2.68. The Kier molecular flexibility index (Phi) is 5.16. The van der Waals surface area contributed by atoms with Crippen LogP contribution < -0.4 is 10.1 Å². The fourth-order valence-electron chi connectivity index (χ4n) is 1.78. The van der Waals surface area contributed by atoms with Gasteiger partial charge in [0.25, 0.3) is 5.91 Å². The van der Waals surface area contributed by atoms with E-state index in [1.54, 1.807) is 6.07 Å². The number of nitrogens with one attached hydrogen (secondary N) is 1. The molecule has 102 valence electrons. The average molecular weight is 271 g/mol. The zero-order valence-corrected chi connectivity index (χ0v) is 12.1. The molecule has 2 N–H and O–H groups in total. The lowest BCUT2D eigenvalue weighted by Crippen LogP contribution is -2.39. The predicted molar refractivity (Wildman–Crippen MR) is 73.3 cm³/mol. The fourth-order valence-corrected chi connectivity index (χ4v) is 2.54. The maximum absolute atomic E-state index is 12.0. The highest BCUT2D eigenvalue weighted by atomic mass is 32.1. The number of carbonyl (C=O) groups excluding carboxylic acids is 1. The van der Waals surface area contributed by atoms with Crippen LogP contribution in [0.1, 0.15) is 36.9 Å². The number of ether oxygens (including phenoxy) is 1. The average Bonchev–Trinajstić information content (AvgIpc) is 2.74. The van der Waals surface area contributed by atoms with Crippen LogP contribution in [0.3, 0.4) is 0 Å². The molecule has 1 amide bonds. The molecule has 0 saturated heterocycles. The summed E-state index contributed by atoms with van der Waals surface area (Å²) >= 11 is 1.33. The first-order valence-electron chi connectivity index (χ1n) is 5.90. The van der Waals surface area contributed by atoms with Crippen molar-refractivity contribution >= 4 is 17.2 Å². The molecule has 0 aliphatic rings. The van der Waals surface area contributed by atoms with Crippen molar-refractivity contribution < 1.29 is 14.6 Å². The maximum Gasteiger partial charge on any atom is 0.265 e. The molecule has 18 heavy (non-hydrogen) atoms. The number of hydrogen-bond donors (Lipinski definition) is 2. The number of aliphatic hydroxyl groups excluding tert-OH is 1. The topological polar surface area (TPSA) is 58.6 Å². The Morgan fingerprint density at radius 1 is 1.56 bits per heavy atom. The molecule has 1 aromatic heterocycles. The van der Waals surface area contributed by atoms with Crippen LogP contribution in [0.4, 0.5) is 0 Å². The van der Waals surface area contributed by atoms with Crippen LogP contribution in [-0.2, 0) is 0 Å². The lowest BCUT2D eigenvalue weighted by atomic mass is 9.88. The van der Waals surface area contributed by atoms with Crippen molar-refractivity contribution in [1.29, 1.82) is 0 Å². The van der Waals surface area contributed by atoms with E-state index in [9.17, 15) is 9.90 Å². The number of hydrogen-bond acceptors (Lipinski definition) is 4. The Morgan fingerprint density at radius 2 is 2.22 bits per heavy atom. The maximum atomic E-state index is 12.0. The molecule has 0 fully saturated rings. The van der Waals surface area contributed by atoms with E-state index < -0.39 is 0 Å². The number of thiophene rings is 1. The normalized spacial score (nSPS) is 13.2. The van der Waals surface area contributed by atoms with E-state index in [1.165, 1.54) is 18.4 Å². The minimum atomic E-state index is -0.232. The van der Waals surface area contributed by atoms with Gasteiger partial charge in [-0.15, -0.1) is 11.3 Å². The summed E-state index contributed by atoms with van der Waals surface area (Å²) in [5, 5.41) is 14.0. The number of carbonyl (C=O) groups is 1. The summed E-state index contributed by atoms with van der Waals surface area (Å²) in [6.07, 6.45) is 0.725. The second-order valence-corrected chi connectivity index (χ2v) is 6.35. The third-order valence-corrected chi connectivity index (χ3v) is 3.36. The minimum Gasteiger partial charge on any atom is -0.495 e. The summed E-state index contributed by atoms with van der Waals surface area (Å²) in [7, 11) is 1.54. The molecule has 4 nitrogen and oxygen atoms in total. The third kappa shape index (κ3) is 4.31.